The highest BCUT2D eigenvalue weighted by Gasteiger charge is 2.27. The van der Waals surface area contributed by atoms with Crippen LogP contribution < -0.4 is 0 Å². The second kappa shape index (κ2) is 35.2. The number of hydrogen-bond acceptors (Lipinski definition) is 7. The highest BCUT2D eigenvalue weighted by atomic mass is 31.2. The van der Waals surface area contributed by atoms with E-state index in [-0.39, 0.29) is 32.0 Å². The van der Waals surface area contributed by atoms with Crippen LogP contribution in [0.2, 0.25) is 0 Å². The molecule has 1 unspecified atom stereocenters. The highest BCUT2D eigenvalue weighted by Crippen LogP contribution is 2.43. The fourth-order valence-corrected chi connectivity index (χ4v) is 6.36. The van der Waals surface area contributed by atoms with E-state index in [0.29, 0.717) is 17.4 Å². The molecule has 0 saturated carbocycles. The minimum atomic E-state index is -4.37. The lowest BCUT2D eigenvalue weighted by Crippen LogP contribution is -2.37. The summed E-state index contributed by atoms with van der Waals surface area (Å²) in [5, 5.41) is 0. The molecule has 10 heteroatoms. The summed E-state index contributed by atoms with van der Waals surface area (Å²) in [5.74, 6) is -0.810. The van der Waals surface area contributed by atoms with Crippen LogP contribution in [0.25, 0.3) is 0 Å². The molecule has 0 saturated heterocycles. The number of hydrogen-bond donors (Lipinski definition) is 1. The normalized spacial score (nSPS) is 13.9. The fraction of sp³-hybridized carbons (Fsp3) is 0.857. The molecule has 0 aromatic rings. The van der Waals surface area contributed by atoms with Gasteiger partial charge in [0.25, 0.3) is 0 Å². The third-order valence-corrected chi connectivity index (χ3v) is 9.97. The summed E-state index contributed by atoms with van der Waals surface area (Å²) in [5.41, 5.74) is 0. The molecule has 0 rings (SSSR count). The van der Waals surface area contributed by atoms with Gasteiger partial charge in [0, 0.05) is 12.8 Å². The Labute approximate surface area is 319 Å². The van der Waals surface area contributed by atoms with Crippen LogP contribution in [0.5, 0.6) is 0 Å². The van der Waals surface area contributed by atoms with Crippen LogP contribution in [-0.2, 0) is 32.7 Å². The van der Waals surface area contributed by atoms with Crippen LogP contribution in [0.3, 0.4) is 0 Å². The largest absolute Gasteiger partial charge is 0.472 e. The first-order chi connectivity index (χ1) is 25.0. The van der Waals surface area contributed by atoms with E-state index in [1.54, 1.807) is 0 Å². The van der Waals surface area contributed by atoms with Crippen molar-refractivity contribution in [2.75, 3.05) is 47.5 Å². The summed E-state index contributed by atoms with van der Waals surface area (Å²) in [7, 11) is 1.47. The molecule has 0 aromatic carbocycles. The van der Waals surface area contributed by atoms with Crippen LogP contribution in [0.15, 0.2) is 24.3 Å². The van der Waals surface area contributed by atoms with Gasteiger partial charge in [-0.2, -0.15) is 0 Å². The molecule has 306 valence electrons. The Balaban J connectivity index is 4.40. The Morgan fingerprint density at radius 3 is 1.58 bits per heavy atom. The smallest absolute Gasteiger partial charge is 0.462 e. The molecular formula is C42H81NO8P+. The van der Waals surface area contributed by atoms with E-state index in [0.717, 1.165) is 64.2 Å². The van der Waals surface area contributed by atoms with Crippen molar-refractivity contribution < 1.29 is 42.1 Å². The molecule has 2 atom stereocenters. The van der Waals surface area contributed by atoms with Crippen LogP contribution in [0, 0.1) is 0 Å². The van der Waals surface area contributed by atoms with Gasteiger partial charge >= 0.3 is 19.8 Å². The van der Waals surface area contributed by atoms with Crippen LogP contribution >= 0.6 is 7.82 Å². The van der Waals surface area contributed by atoms with Crippen LogP contribution in [-0.4, -0.2) is 74.9 Å². The Hall–Kier alpha value is -1.51. The second-order valence-corrected chi connectivity index (χ2v) is 16.8. The van der Waals surface area contributed by atoms with E-state index in [4.69, 9.17) is 18.5 Å². The van der Waals surface area contributed by atoms with Gasteiger partial charge in [-0.05, 0) is 38.5 Å². The number of carbonyl (C=O) groups is 2. The molecule has 0 fully saturated rings. The van der Waals surface area contributed by atoms with Gasteiger partial charge in [-0.15, -0.1) is 0 Å². The topological polar surface area (TPSA) is 108 Å². The van der Waals surface area contributed by atoms with E-state index < -0.39 is 26.5 Å². The maximum Gasteiger partial charge on any atom is 0.472 e. The van der Waals surface area contributed by atoms with Gasteiger partial charge in [0.05, 0.1) is 27.7 Å². The SMILES string of the molecule is CCCC/C=C\C/C=C\CCCCCCCC(=O)O[C@H](COC(=O)CCCCCCCCCCCCCCCC)COP(=O)(O)OCC[N+](C)(C)C. The number of allylic oxidation sites excluding steroid dienone is 4. The molecular weight excluding hydrogens is 677 g/mol. The average molecular weight is 759 g/mol. The average Bonchev–Trinajstić information content (AvgIpc) is 3.09. The van der Waals surface area contributed by atoms with E-state index >= 15 is 0 Å². The van der Waals surface area contributed by atoms with Gasteiger partial charge in [0.1, 0.15) is 19.8 Å². The molecule has 0 amide bonds. The Morgan fingerprint density at radius 1 is 0.596 bits per heavy atom. The van der Waals surface area contributed by atoms with E-state index in [9.17, 15) is 19.0 Å². The summed E-state index contributed by atoms with van der Waals surface area (Å²) in [6.45, 7) is 4.37. The Kier molecular flexibility index (Phi) is 34.2. The lowest BCUT2D eigenvalue weighted by atomic mass is 10.0. The Bertz CT molecular complexity index is 949. The van der Waals surface area contributed by atoms with Crippen molar-refractivity contribution in [2.24, 2.45) is 0 Å². The lowest BCUT2D eigenvalue weighted by molar-refractivity contribution is -0.870. The number of nitrogens with zero attached hydrogens (tertiary/aromatic N) is 1. The zero-order chi connectivity index (χ0) is 38.6. The maximum atomic E-state index is 12.6. The number of ether oxygens (including phenoxy) is 2. The third-order valence-electron chi connectivity index (χ3n) is 8.98. The molecule has 0 aromatic heterocycles. The predicted molar refractivity (Wildman–Crippen MR) is 215 cm³/mol. The Morgan fingerprint density at radius 2 is 1.06 bits per heavy atom. The van der Waals surface area contributed by atoms with Gasteiger partial charge < -0.3 is 18.9 Å². The van der Waals surface area contributed by atoms with Crippen molar-refractivity contribution in [3.8, 4) is 0 Å². The number of unbranched alkanes of at least 4 members (excludes halogenated alkanes) is 20. The second-order valence-electron chi connectivity index (χ2n) is 15.4. The van der Waals surface area contributed by atoms with Crippen molar-refractivity contribution in [3.05, 3.63) is 24.3 Å². The molecule has 0 spiro atoms. The molecule has 0 aliphatic rings. The first kappa shape index (κ1) is 50.5. The van der Waals surface area contributed by atoms with Crippen molar-refractivity contribution in [1.29, 1.82) is 0 Å². The van der Waals surface area contributed by atoms with Crippen molar-refractivity contribution >= 4 is 19.8 Å². The third kappa shape index (κ3) is 38.2. The summed E-state index contributed by atoms with van der Waals surface area (Å²) in [4.78, 5) is 35.3. The number of phosphoric ester groups is 1. The van der Waals surface area contributed by atoms with E-state index in [1.165, 1.54) is 83.5 Å². The van der Waals surface area contributed by atoms with Gasteiger partial charge in [0.15, 0.2) is 6.10 Å². The molecule has 0 heterocycles. The minimum Gasteiger partial charge on any atom is -0.462 e. The summed E-state index contributed by atoms with van der Waals surface area (Å²) < 4.78 is 34.2. The van der Waals surface area contributed by atoms with Crippen molar-refractivity contribution in [3.63, 3.8) is 0 Å². The molecule has 1 N–H and O–H groups in total. The molecule has 52 heavy (non-hydrogen) atoms. The van der Waals surface area contributed by atoms with Crippen LogP contribution in [0.1, 0.15) is 181 Å². The van der Waals surface area contributed by atoms with Gasteiger partial charge in [-0.3, -0.25) is 18.6 Å². The number of phosphoric acid groups is 1. The molecule has 0 aliphatic carbocycles. The predicted octanol–water partition coefficient (Wildman–Crippen LogP) is 11.6. The van der Waals surface area contributed by atoms with E-state index in [1.807, 2.05) is 21.1 Å². The zero-order valence-corrected chi connectivity index (χ0v) is 35.2. The van der Waals surface area contributed by atoms with E-state index in [2.05, 4.69) is 38.2 Å². The summed E-state index contributed by atoms with van der Waals surface area (Å²) in [6.07, 6.45) is 36.4. The highest BCUT2D eigenvalue weighted by molar-refractivity contribution is 7.47. The monoisotopic (exact) mass is 759 g/mol. The van der Waals surface area contributed by atoms with Crippen LogP contribution in [0.4, 0.5) is 0 Å². The number of quaternary nitrogens is 1. The minimum absolute atomic E-state index is 0.0304. The standard InChI is InChI=1S/C42H80NO8P/c1-6-8-10-12-14-16-18-20-22-24-26-28-30-32-34-41(44)48-38-40(39-50-52(46,47)49-37-36-43(3,4)5)51-42(45)35-33-31-29-27-25-23-21-19-17-15-13-11-9-7-2/h13,15,19,21,40H,6-12,14,16-18,20,22-39H2,1-5H3/p+1/b15-13-,21-19-/t40-/m1/s1. The van der Waals surface area contributed by atoms with Gasteiger partial charge in [-0.25, -0.2) is 4.57 Å². The zero-order valence-electron chi connectivity index (χ0n) is 34.3. The van der Waals surface area contributed by atoms with Crippen molar-refractivity contribution in [1.82, 2.24) is 0 Å². The molecule has 0 bridgehead atoms. The summed E-state index contributed by atoms with van der Waals surface area (Å²) >= 11 is 0. The fourth-order valence-electron chi connectivity index (χ4n) is 5.62. The first-order valence-electron chi connectivity index (χ1n) is 21.1. The maximum absolute atomic E-state index is 12.6. The molecule has 0 radical (unpaired) electrons. The number of esters is 2. The number of likely N-dealkylation sites (N-methyl/N-ethyl adjacent to an activating group) is 1. The quantitative estimate of drug-likeness (QED) is 0.0218. The molecule has 9 nitrogen and oxygen atoms in total. The molecule has 0 aliphatic heterocycles. The summed E-state index contributed by atoms with van der Waals surface area (Å²) in [6, 6.07) is 0. The number of rotatable bonds is 38. The van der Waals surface area contributed by atoms with Gasteiger partial charge in [-0.1, -0.05) is 154 Å². The van der Waals surface area contributed by atoms with Crippen molar-refractivity contribution in [2.45, 2.75) is 187 Å². The van der Waals surface area contributed by atoms with Gasteiger partial charge in [0.2, 0.25) is 0 Å². The first-order valence-corrected chi connectivity index (χ1v) is 22.6. The lowest BCUT2D eigenvalue weighted by Gasteiger charge is -2.24. The number of carbonyl (C=O) groups excluding carboxylic acids is 2.